The van der Waals surface area contributed by atoms with Crippen molar-refractivity contribution in [1.82, 2.24) is 14.8 Å². The molecule has 0 aliphatic carbocycles. The van der Waals surface area contributed by atoms with Crippen molar-refractivity contribution in [2.24, 2.45) is 0 Å². The summed E-state index contributed by atoms with van der Waals surface area (Å²) in [4.78, 5) is 47.0. The SMILES string of the molecule is CCOC(=O)c1ccc(N2CCN(C(=O)CN(C)C(=O)c3ccc(Br)s3)CC2)nc1. The molecule has 0 N–H and O–H groups in total. The van der Waals surface area contributed by atoms with E-state index in [0.29, 0.717) is 43.2 Å². The molecule has 1 saturated heterocycles. The van der Waals surface area contributed by atoms with Crippen molar-refractivity contribution in [2.45, 2.75) is 6.92 Å². The van der Waals surface area contributed by atoms with Gasteiger partial charge in [-0.2, -0.15) is 0 Å². The van der Waals surface area contributed by atoms with Crippen molar-refractivity contribution in [3.63, 3.8) is 0 Å². The molecule has 3 heterocycles. The van der Waals surface area contributed by atoms with E-state index >= 15 is 0 Å². The second-order valence-electron chi connectivity index (χ2n) is 6.76. The molecule has 1 aliphatic rings. The second kappa shape index (κ2) is 10.0. The smallest absolute Gasteiger partial charge is 0.339 e. The summed E-state index contributed by atoms with van der Waals surface area (Å²) in [5, 5.41) is 0. The number of nitrogens with zero attached hydrogens (tertiary/aromatic N) is 4. The number of hydrogen-bond donors (Lipinski definition) is 0. The van der Waals surface area contributed by atoms with Crippen LogP contribution >= 0.6 is 27.3 Å². The van der Waals surface area contributed by atoms with Crippen molar-refractivity contribution < 1.29 is 19.1 Å². The molecule has 0 unspecified atom stereocenters. The summed E-state index contributed by atoms with van der Waals surface area (Å²) >= 11 is 4.69. The molecule has 0 aromatic carbocycles. The Bertz CT molecular complexity index is 910. The highest BCUT2D eigenvalue weighted by molar-refractivity contribution is 9.11. The number of thiophene rings is 1. The lowest BCUT2D eigenvalue weighted by Gasteiger charge is -2.36. The van der Waals surface area contributed by atoms with Gasteiger partial charge in [-0.25, -0.2) is 9.78 Å². The maximum absolute atomic E-state index is 12.6. The number of likely N-dealkylation sites (N-methyl/N-ethyl adjacent to an activating group) is 1. The van der Waals surface area contributed by atoms with Crippen molar-refractivity contribution in [3.8, 4) is 0 Å². The number of esters is 1. The number of hydrogen-bond acceptors (Lipinski definition) is 7. The molecule has 2 aromatic rings. The van der Waals surface area contributed by atoms with E-state index in [-0.39, 0.29) is 24.3 Å². The van der Waals surface area contributed by atoms with E-state index in [9.17, 15) is 14.4 Å². The lowest BCUT2D eigenvalue weighted by molar-refractivity contribution is -0.131. The van der Waals surface area contributed by atoms with Gasteiger partial charge in [0, 0.05) is 39.4 Å². The predicted molar refractivity (Wildman–Crippen MR) is 118 cm³/mol. The van der Waals surface area contributed by atoms with Crippen LogP contribution in [0.5, 0.6) is 0 Å². The topological polar surface area (TPSA) is 83.0 Å². The molecule has 0 saturated carbocycles. The number of piperazine rings is 1. The number of rotatable bonds is 6. The van der Waals surface area contributed by atoms with Gasteiger partial charge in [0.15, 0.2) is 0 Å². The lowest BCUT2D eigenvalue weighted by atomic mass is 10.2. The highest BCUT2D eigenvalue weighted by atomic mass is 79.9. The molecule has 0 bridgehead atoms. The summed E-state index contributed by atoms with van der Waals surface area (Å²) in [6, 6.07) is 7.05. The lowest BCUT2D eigenvalue weighted by Crippen LogP contribution is -2.51. The van der Waals surface area contributed by atoms with E-state index in [4.69, 9.17) is 4.74 Å². The first-order valence-corrected chi connectivity index (χ1v) is 11.2. The first-order chi connectivity index (χ1) is 14.4. The van der Waals surface area contributed by atoms with Crippen LogP contribution in [0.15, 0.2) is 34.2 Å². The molecule has 0 spiro atoms. The normalized spacial score (nSPS) is 13.8. The van der Waals surface area contributed by atoms with E-state index in [2.05, 4.69) is 25.8 Å². The van der Waals surface area contributed by atoms with E-state index in [0.717, 1.165) is 9.60 Å². The Kier molecular flexibility index (Phi) is 7.43. The third-order valence-electron chi connectivity index (χ3n) is 4.72. The average molecular weight is 495 g/mol. The summed E-state index contributed by atoms with van der Waals surface area (Å²) in [7, 11) is 1.64. The molecule has 30 heavy (non-hydrogen) atoms. The van der Waals surface area contributed by atoms with Gasteiger partial charge in [0.25, 0.3) is 5.91 Å². The summed E-state index contributed by atoms with van der Waals surface area (Å²) in [6.45, 7) is 4.48. The van der Waals surface area contributed by atoms with Crippen LogP contribution in [-0.2, 0) is 9.53 Å². The Morgan fingerprint density at radius 1 is 1.17 bits per heavy atom. The van der Waals surface area contributed by atoms with Gasteiger partial charge in [0.2, 0.25) is 5.91 Å². The standard InChI is InChI=1S/C20H23BrN4O4S/c1-3-29-20(28)14-4-7-17(22-12-14)24-8-10-25(11-9-24)18(26)13-23(2)19(27)15-5-6-16(21)30-15/h4-7,12H,3,8-11,13H2,1-2H3. The van der Waals surface area contributed by atoms with E-state index in [1.54, 1.807) is 37.1 Å². The molecule has 10 heteroatoms. The third kappa shape index (κ3) is 5.37. The average Bonchev–Trinajstić information content (AvgIpc) is 3.19. The van der Waals surface area contributed by atoms with E-state index < -0.39 is 0 Å². The van der Waals surface area contributed by atoms with Gasteiger partial charge in [-0.15, -0.1) is 11.3 Å². The summed E-state index contributed by atoms with van der Waals surface area (Å²) < 4.78 is 5.85. The second-order valence-corrected chi connectivity index (χ2v) is 9.22. The number of anilines is 1. The van der Waals surface area contributed by atoms with Gasteiger partial charge in [0.05, 0.1) is 27.4 Å². The molecule has 8 nitrogen and oxygen atoms in total. The minimum absolute atomic E-state index is 0.0425. The Hall–Kier alpha value is -2.46. The third-order valence-corrected chi connectivity index (χ3v) is 6.33. The summed E-state index contributed by atoms with van der Waals surface area (Å²) in [5.41, 5.74) is 0.417. The zero-order valence-corrected chi connectivity index (χ0v) is 19.2. The van der Waals surface area contributed by atoms with Crippen LogP contribution in [-0.4, -0.2) is 78.9 Å². The zero-order valence-electron chi connectivity index (χ0n) is 16.8. The first kappa shape index (κ1) is 22.2. The van der Waals surface area contributed by atoms with Crippen LogP contribution in [0.4, 0.5) is 5.82 Å². The molecule has 2 aromatic heterocycles. The van der Waals surface area contributed by atoms with Crippen molar-refractivity contribution in [2.75, 3.05) is 51.3 Å². The first-order valence-electron chi connectivity index (χ1n) is 9.55. The van der Waals surface area contributed by atoms with Crippen LogP contribution in [0.2, 0.25) is 0 Å². The van der Waals surface area contributed by atoms with Crippen molar-refractivity contribution >= 4 is 50.9 Å². The van der Waals surface area contributed by atoms with Gasteiger partial charge in [-0.3, -0.25) is 9.59 Å². The number of pyridine rings is 1. The zero-order chi connectivity index (χ0) is 21.7. The van der Waals surface area contributed by atoms with Gasteiger partial charge in [-0.05, 0) is 47.1 Å². The maximum atomic E-state index is 12.6. The summed E-state index contributed by atoms with van der Waals surface area (Å²) in [5.74, 6) is 0.126. The number of halogens is 1. The van der Waals surface area contributed by atoms with Crippen molar-refractivity contribution in [3.05, 3.63) is 44.7 Å². The Balaban J connectivity index is 1.50. The largest absolute Gasteiger partial charge is 0.462 e. The fourth-order valence-corrected chi connectivity index (χ4v) is 4.47. The van der Waals surface area contributed by atoms with Crippen LogP contribution in [0.25, 0.3) is 0 Å². The molecule has 1 fully saturated rings. The van der Waals surface area contributed by atoms with E-state index in [1.165, 1.54) is 22.4 Å². The summed E-state index contributed by atoms with van der Waals surface area (Å²) in [6.07, 6.45) is 1.51. The molecule has 0 atom stereocenters. The minimum atomic E-state index is -0.388. The highest BCUT2D eigenvalue weighted by Gasteiger charge is 2.24. The molecule has 3 rings (SSSR count). The van der Waals surface area contributed by atoms with Gasteiger partial charge in [0.1, 0.15) is 5.82 Å². The van der Waals surface area contributed by atoms with Crippen LogP contribution in [0.1, 0.15) is 27.0 Å². The van der Waals surface area contributed by atoms with E-state index in [1.807, 2.05) is 6.07 Å². The molecule has 2 amide bonds. The van der Waals surface area contributed by atoms with Crippen LogP contribution in [0.3, 0.4) is 0 Å². The molecule has 0 radical (unpaired) electrons. The van der Waals surface area contributed by atoms with Gasteiger partial charge in [-0.1, -0.05) is 0 Å². The van der Waals surface area contributed by atoms with Gasteiger partial charge >= 0.3 is 5.97 Å². The highest BCUT2D eigenvalue weighted by Crippen LogP contribution is 2.23. The number of amides is 2. The fourth-order valence-electron chi connectivity index (χ4n) is 3.09. The predicted octanol–water partition coefficient (Wildman–Crippen LogP) is 2.50. The maximum Gasteiger partial charge on any atom is 0.339 e. The van der Waals surface area contributed by atoms with Crippen molar-refractivity contribution in [1.29, 1.82) is 0 Å². The fraction of sp³-hybridized carbons (Fsp3) is 0.400. The number of carbonyl (C=O) groups is 3. The number of aromatic nitrogens is 1. The number of ether oxygens (including phenoxy) is 1. The monoisotopic (exact) mass is 494 g/mol. The minimum Gasteiger partial charge on any atom is -0.462 e. The molecular weight excluding hydrogens is 472 g/mol. The van der Waals surface area contributed by atoms with Gasteiger partial charge < -0.3 is 19.4 Å². The van der Waals surface area contributed by atoms with Crippen LogP contribution in [0, 0.1) is 0 Å². The number of carbonyl (C=O) groups excluding carboxylic acids is 3. The molecular formula is C20H23BrN4O4S. The molecule has 160 valence electrons. The molecule has 1 aliphatic heterocycles. The Morgan fingerprint density at radius 3 is 2.47 bits per heavy atom. The Morgan fingerprint density at radius 2 is 1.90 bits per heavy atom. The quantitative estimate of drug-likeness (QED) is 0.573. The Labute approximate surface area is 187 Å². The van der Waals surface area contributed by atoms with Crippen LogP contribution < -0.4 is 4.90 Å².